The van der Waals surface area contributed by atoms with E-state index in [1.807, 2.05) is 30.1 Å². The molecule has 17 heavy (non-hydrogen) atoms. The number of aryl methyl sites for hydroxylation is 2. The molecule has 0 atom stereocenters. The van der Waals surface area contributed by atoms with Gasteiger partial charge in [0, 0.05) is 18.9 Å². The fourth-order valence-electron chi connectivity index (χ4n) is 2.38. The molecule has 0 amide bonds. The Bertz CT molecular complexity index is 593. The fraction of sp³-hybridized carbons (Fsp3) is 0.214. The molecule has 0 aliphatic heterocycles. The number of benzene rings is 1. The van der Waals surface area contributed by atoms with Crippen LogP contribution in [-0.2, 0) is 13.5 Å². The van der Waals surface area contributed by atoms with Gasteiger partial charge in [-0.25, -0.2) is 0 Å². The molecule has 0 radical (unpaired) electrons. The van der Waals surface area contributed by atoms with Gasteiger partial charge < -0.3 is 5.73 Å². The van der Waals surface area contributed by atoms with E-state index in [4.69, 9.17) is 5.73 Å². The van der Waals surface area contributed by atoms with Crippen LogP contribution in [0.1, 0.15) is 23.2 Å². The smallest absolute Gasteiger partial charge is 0.0853 e. The molecular formula is C14H15N3. The lowest BCUT2D eigenvalue weighted by atomic mass is 10.1. The lowest BCUT2D eigenvalue weighted by Crippen LogP contribution is -1.88. The highest BCUT2D eigenvalue weighted by Crippen LogP contribution is 2.34. The van der Waals surface area contributed by atoms with E-state index in [-0.39, 0.29) is 0 Å². The van der Waals surface area contributed by atoms with Crippen molar-refractivity contribution in [2.24, 2.45) is 7.05 Å². The van der Waals surface area contributed by atoms with Gasteiger partial charge >= 0.3 is 0 Å². The van der Waals surface area contributed by atoms with E-state index < -0.39 is 0 Å². The number of anilines is 1. The van der Waals surface area contributed by atoms with E-state index in [9.17, 15) is 0 Å². The molecule has 0 spiro atoms. The molecule has 2 N–H and O–H groups in total. The molecule has 3 nitrogen and oxygen atoms in total. The number of allylic oxidation sites excluding steroid dienone is 1. The van der Waals surface area contributed by atoms with Gasteiger partial charge in [-0.05, 0) is 53.8 Å². The average Bonchev–Trinajstić information content (AvgIpc) is 2.86. The number of hydrogen-bond donors (Lipinski definition) is 1. The second-order valence-electron chi connectivity index (χ2n) is 4.50. The second-order valence-corrected chi connectivity index (χ2v) is 4.50. The number of fused-ring (bicyclic) bond motifs is 1. The highest BCUT2D eigenvalue weighted by molar-refractivity contribution is 5.85. The van der Waals surface area contributed by atoms with Crippen LogP contribution in [0.3, 0.4) is 0 Å². The molecule has 1 aromatic carbocycles. The molecule has 1 heterocycles. The maximum Gasteiger partial charge on any atom is 0.0853 e. The minimum absolute atomic E-state index is 0.850. The minimum atomic E-state index is 0.850. The summed E-state index contributed by atoms with van der Waals surface area (Å²) in [6, 6.07) is 8.19. The molecule has 0 saturated carbocycles. The maximum absolute atomic E-state index is 5.80. The first kappa shape index (κ1) is 10.1. The molecule has 3 heteroatoms. The van der Waals surface area contributed by atoms with Crippen molar-refractivity contribution in [3.8, 4) is 0 Å². The SMILES string of the molecule is Cn1ccc(/C=C2/CCc3cc(N)ccc32)n1. The van der Waals surface area contributed by atoms with Gasteiger partial charge in [-0.2, -0.15) is 5.10 Å². The van der Waals surface area contributed by atoms with E-state index in [0.29, 0.717) is 0 Å². The van der Waals surface area contributed by atoms with E-state index in [2.05, 4.69) is 23.3 Å². The molecular weight excluding hydrogens is 210 g/mol. The van der Waals surface area contributed by atoms with Gasteiger partial charge in [0.2, 0.25) is 0 Å². The van der Waals surface area contributed by atoms with E-state index in [0.717, 1.165) is 24.2 Å². The molecule has 1 aromatic heterocycles. The molecule has 0 bridgehead atoms. The Kier molecular flexibility index (Phi) is 2.25. The molecule has 2 aromatic rings. The normalized spacial score (nSPS) is 16.4. The molecule has 1 aliphatic rings. The highest BCUT2D eigenvalue weighted by atomic mass is 15.2. The van der Waals surface area contributed by atoms with Crippen molar-refractivity contribution in [2.75, 3.05) is 5.73 Å². The fourth-order valence-corrected chi connectivity index (χ4v) is 2.38. The first-order chi connectivity index (χ1) is 8.22. The van der Waals surface area contributed by atoms with Gasteiger partial charge in [-0.1, -0.05) is 6.07 Å². The maximum atomic E-state index is 5.80. The lowest BCUT2D eigenvalue weighted by molar-refractivity contribution is 0.764. The third kappa shape index (κ3) is 1.84. The summed E-state index contributed by atoms with van der Waals surface area (Å²) in [5.74, 6) is 0. The monoisotopic (exact) mass is 225 g/mol. The van der Waals surface area contributed by atoms with Gasteiger partial charge in [0.05, 0.1) is 5.69 Å². The Morgan fingerprint density at radius 2 is 2.18 bits per heavy atom. The van der Waals surface area contributed by atoms with Crippen molar-refractivity contribution in [3.63, 3.8) is 0 Å². The summed E-state index contributed by atoms with van der Waals surface area (Å²) in [6.45, 7) is 0. The van der Waals surface area contributed by atoms with Crippen molar-refractivity contribution < 1.29 is 0 Å². The standard InChI is InChI=1S/C14H15N3/c1-17-7-6-13(16-17)9-11-3-2-10-8-12(15)4-5-14(10)11/h4-9H,2-3,15H2,1H3/b11-9-. The van der Waals surface area contributed by atoms with Gasteiger partial charge in [-0.3, -0.25) is 4.68 Å². The number of rotatable bonds is 1. The summed E-state index contributed by atoms with van der Waals surface area (Å²) in [5.41, 5.74) is 11.7. The van der Waals surface area contributed by atoms with E-state index in [1.165, 1.54) is 16.7 Å². The Balaban J connectivity index is 2.01. The highest BCUT2D eigenvalue weighted by Gasteiger charge is 2.16. The van der Waals surface area contributed by atoms with Crippen molar-refractivity contribution in [1.82, 2.24) is 9.78 Å². The summed E-state index contributed by atoms with van der Waals surface area (Å²) in [7, 11) is 1.94. The molecule has 86 valence electrons. The first-order valence-corrected chi connectivity index (χ1v) is 5.81. The first-order valence-electron chi connectivity index (χ1n) is 5.81. The lowest BCUT2D eigenvalue weighted by Gasteiger charge is -2.01. The van der Waals surface area contributed by atoms with Gasteiger partial charge in [0.15, 0.2) is 0 Å². The summed E-state index contributed by atoms with van der Waals surface area (Å²) < 4.78 is 1.82. The van der Waals surface area contributed by atoms with Crippen LogP contribution in [-0.4, -0.2) is 9.78 Å². The van der Waals surface area contributed by atoms with Gasteiger partial charge in [0.25, 0.3) is 0 Å². The van der Waals surface area contributed by atoms with Crippen LogP contribution in [0.15, 0.2) is 30.5 Å². The van der Waals surface area contributed by atoms with E-state index in [1.54, 1.807) is 0 Å². The topological polar surface area (TPSA) is 43.8 Å². The van der Waals surface area contributed by atoms with Gasteiger partial charge in [0.1, 0.15) is 0 Å². The molecule has 1 aliphatic carbocycles. The number of nitrogens with two attached hydrogens (primary N) is 1. The van der Waals surface area contributed by atoms with Crippen LogP contribution in [0.5, 0.6) is 0 Å². The van der Waals surface area contributed by atoms with Crippen molar-refractivity contribution in [3.05, 3.63) is 47.3 Å². The largest absolute Gasteiger partial charge is 0.399 e. The predicted octanol–water partition coefficient (Wildman–Crippen LogP) is 2.49. The molecule has 0 fully saturated rings. The number of nitrogens with zero attached hydrogens (tertiary/aromatic N) is 2. The Morgan fingerprint density at radius 3 is 2.94 bits per heavy atom. The van der Waals surface area contributed by atoms with Crippen LogP contribution in [0.4, 0.5) is 5.69 Å². The zero-order valence-corrected chi connectivity index (χ0v) is 9.85. The summed E-state index contributed by atoms with van der Waals surface area (Å²) in [6.07, 6.45) is 6.29. The minimum Gasteiger partial charge on any atom is -0.399 e. The van der Waals surface area contributed by atoms with Crippen LogP contribution < -0.4 is 5.73 Å². The van der Waals surface area contributed by atoms with Gasteiger partial charge in [-0.15, -0.1) is 0 Å². The Hall–Kier alpha value is -2.03. The number of hydrogen-bond acceptors (Lipinski definition) is 2. The second kappa shape index (κ2) is 3.77. The van der Waals surface area contributed by atoms with Crippen LogP contribution in [0.2, 0.25) is 0 Å². The van der Waals surface area contributed by atoms with E-state index >= 15 is 0 Å². The molecule has 0 saturated heterocycles. The predicted molar refractivity (Wildman–Crippen MR) is 70.3 cm³/mol. The van der Waals surface area contributed by atoms with Crippen LogP contribution in [0.25, 0.3) is 11.6 Å². The van der Waals surface area contributed by atoms with Crippen LogP contribution >= 0.6 is 0 Å². The van der Waals surface area contributed by atoms with Crippen molar-refractivity contribution in [2.45, 2.75) is 12.8 Å². The Morgan fingerprint density at radius 1 is 1.29 bits per heavy atom. The third-order valence-corrected chi connectivity index (χ3v) is 3.20. The Labute approximate surface area is 101 Å². The summed E-state index contributed by atoms with van der Waals surface area (Å²) in [4.78, 5) is 0. The summed E-state index contributed by atoms with van der Waals surface area (Å²) >= 11 is 0. The average molecular weight is 225 g/mol. The zero-order valence-electron chi connectivity index (χ0n) is 9.85. The van der Waals surface area contributed by atoms with Crippen molar-refractivity contribution in [1.29, 1.82) is 0 Å². The zero-order chi connectivity index (χ0) is 11.8. The third-order valence-electron chi connectivity index (χ3n) is 3.20. The van der Waals surface area contributed by atoms with Crippen molar-refractivity contribution >= 4 is 17.3 Å². The number of aromatic nitrogens is 2. The molecule has 0 unspecified atom stereocenters. The quantitative estimate of drug-likeness (QED) is 0.758. The van der Waals surface area contributed by atoms with Crippen LogP contribution in [0, 0.1) is 0 Å². The number of nitrogen functional groups attached to an aromatic ring is 1. The molecule has 3 rings (SSSR count). The summed E-state index contributed by atoms with van der Waals surface area (Å²) in [5, 5.41) is 4.38.